The summed E-state index contributed by atoms with van der Waals surface area (Å²) in [6.07, 6.45) is 3.10. The molecule has 0 bridgehead atoms. The molecule has 11 heavy (non-hydrogen) atoms. The highest BCUT2D eigenvalue weighted by atomic mass is 16.3. The third-order valence-corrected chi connectivity index (χ3v) is 1.23. The van der Waals surface area contributed by atoms with E-state index in [9.17, 15) is 9.59 Å². The molecule has 2 radical (unpaired) electrons. The first-order chi connectivity index (χ1) is 5.27. The van der Waals surface area contributed by atoms with E-state index in [1.165, 1.54) is 18.4 Å². The van der Waals surface area contributed by atoms with Crippen molar-refractivity contribution in [1.82, 2.24) is 0 Å². The Balaban J connectivity index is 3.18. The molecule has 0 aromatic heterocycles. The topological polar surface area (TPSA) is 54.4 Å². The minimum atomic E-state index is -0.249. The summed E-state index contributed by atoms with van der Waals surface area (Å²) in [6, 6.07) is 3.85. The monoisotopic (exact) mass is 148 g/mol. The summed E-state index contributed by atoms with van der Waals surface area (Å²) in [4.78, 5) is 20.1. The van der Waals surface area contributed by atoms with Gasteiger partial charge in [0.15, 0.2) is 0 Å². The van der Waals surface area contributed by atoms with Gasteiger partial charge in [0.05, 0.1) is 5.56 Å². The van der Waals surface area contributed by atoms with Crippen molar-refractivity contribution in [2.45, 2.75) is 0 Å². The zero-order chi connectivity index (χ0) is 8.27. The van der Waals surface area contributed by atoms with Crippen molar-refractivity contribution in [3.63, 3.8) is 0 Å². The van der Waals surface area contributed by atoms with Crippen LogP contribution >= 0.6 is 0 Å². The van der Waals surface area contributed by atoms with Crippen LogP contribution in [0, 0.1) is 0 Å². The molecule has 0 aliphatic rings. The van der Waals surface area contributed by atoms with E-state index < -0.39 is 0 Å². The molecule has 0 atom stereocenters. The number of carbonyl (C=O) groups excluding carboxylic acids is 2. The number of phenolic OH excluding ortho intramolecular Hbond substituents is 1. The largest absolute Gasteiger partial charge is 0.507 e. The van der Waals surface area contributed by atoms with E-state index >= 15 is 0 Å². The smallest absolute Gasteiger partial charge is 0.237 e. The lowest BCUT2D eigenvalue weighted by atomic mass is 10.1. The fourth-order valence-electron chi connectivity index (χ4n) is 0.681. The van der Waals surface area contributed by atoms with Gasteiger partial charge in [0.2, 0.25) is 12.6 Å². The molecule has 0 aliphatic carbocycles. The van der Waals surface area contributed by atoms with Crippen LogP contribution in [0.5, 0.6) is 5.75 Å². The van der Waals surface area contributed by atoms with Crippen LogP contribution in [0.3, 0.4) is 0 Å². The van der Waals surface area contributed by atoms with E-state index in [2.05, 4.69) is 0 Å². The van der Waals surface area contributed by atoms with Crippen LogP contribution in [0.25, 0.3) is 0 Å². The lowest BCUT2D eigenvalue weighted by Gasteiger charge is -1.94. The molecule has 0 heterocycles. The highest BCUT2D eigenvalue weighted by molar-refractivity contribution is 5.83. The summed E-state index contributed by atoms with van der Waals surface area (Å²) in [7, 11) is 0. The lowest BCUT2D eigenvalue weighted by Crippen LogP contribution is -1.84. The average Bonchev–Trinajstić information content (AvgIpc) is 2.04. The first-order valence-electron chi connectivity index (χ1n) is 2.87. The molecular formula is C8H4O3. The molecule has 1 N–H and O–H groups in total. The molecule has 0 spiro atoms. The second kappa shape index (κ2) is 2.96. The minimum Gasteiger partial charge on any atom is -0.507 e. The van der Waals surface area contributed by atoms with Gasteiger partial charge in [-0.2, -0.15) is 0 Å². The molecule has 54 valence electrons. The summed E-state index contributed by atoms with van der Waals surface area (Å²) in [5.41, 5.74) is 0.255. The van der Waals surface area contributed by atoms with Crippen molar-refractivity contribution >= 4 is 12.6 Å². The van der Waals surface area contributed by atoms with E-state index in [4.69, 9.17) is 5.11 Å². The van der Waals surface area contributed by atoms with Crippen molar-refractivity contribution in [3.05, 3.63) is 29.3 Å². The van der Waals surface area contributed by atoms with E-state index in [-0.39, 0.29) is 16.9 Å². The predicted octanol–water partition coefficient (Wildman–Crippen LogP) is 0.308. The van der Waals surface area contributed by atoms with Gasteiger partial charge in [-0.25, -0.2) is 0 Å². The standard InChI is InChI=1S/C8H4O3/c9-4-6-1-2-7(5-10)8(11)3-6/h1-3,11H. The highest BCUT2D eigenvalue weighted by Gasteiger charge is 2.00. The zero-order valence-corrected chi connectivity index (χ0v) is 5.50. The SMILES string of the molecule is O=[C]c1ccc([C]=O)c(O)c1. The zero-order valence-electron chi connectivity index (χ0n) is 5.50. The van der Waals surface area contributed by atoms with Crippen LogP contribution in [0.2, 0.25) is 0 Å². The second-order valence-electron chi connectivity index (χ2n) is 1.94. The Kier molecular flexibility index (Phi) is 2.01. The molecule has 1 rings (SSSR count). The normalized spacial score (nSPS) is 9.09. The van der Waals surface area contributed by atoms with Crippen LogP contribution in [-0.2, 0) is 9.59 Å². The molecule has 0 amide bonds. The van der Waals surface area contributed by atoms with Crippen molar-refractivity contribution in [1.29, 1.82) is 0 Å². The molecule has 1 aromatic carbocycles. The van der Waals surface area contributed by atoms with E-state index in [0.717, 1.165) is 6.07 Å². The fourth-order valence-corrected chi connectivity index (χ4v) is 0.681. The second-order valence-corrected chi connectivity index (χ2v) is 1.94. The maximum atomic E-state index is 10.0. The van der Waals surface area contributed by atoms with Gasteiger partial charge in [-0.15, -0.1) is 0 Å². The van der Waals surface area contributed by atoms with Gasteiger partial charge in [-0.3, -0.25) is 9.59 Å². The van der Waals surface area contributed by atoms with Crippen LogP contribution in [0.15, 0.2) is 18.2 Å². The first-order valence-corrected chi connectivity index (χ1v) is 2.87. The number of hydrogen-bond donors (Lipinski definition) is 1. The van der Waals surface area contributed by atoms with Gasteiger partial charge >= 0.3 is 0 Å². The lowest BCUT2D eigenvalue weighted by molar-refractivity contribution is 0.471. The third kappa shape index (κ3) is 1.43. The van der Waals surface area contributed by atoms with Crippen LogP contribution in [-0.4, -0.2) is 17.7 Å². The maximum absolute atomic E-state index is 10.0. The van der Waals surface area contributed by atoms with Gasteiger partial charge in [0, 0.05) is 5.56 Å². The maximum Gasteiger partial charge on any atom is 0.237 e. The Morgan fingerprint density at radius 2 is 1.91 bits per heavy atom. The summed E-state index contributed by atoms with van der Waals surface area (Å²) < 4.78 is 0. The number of hydrogen-bond acceptors (Lipinski definition) is 3. The van der Waals surface area contributed by atoms with Gasteiger partial charge < -0.3 is 5.11 Å². The van der Waals surface area contributed by atoms with Crippen LogP contribution < -0.4 is 0 Å². The molecule has 3 heteroatoms. The molecule has 1 aromatic rings. The summed E-state index contributed by atoms with van der Waals surface area (Å²) >= 11 is 0. The predicted molar refractivity (Wildman–Crippen MR) is 37.7 cm³/mol. The van der Waals surface area contributed by atoms with E-state index in [0.29, 0.717) is 0 Å². The Bertz CT molecular complexity index is 291. The molecule has 0 saturated heterocycles. The highest BCUT2D eigenvalue weighted by Crippen LogP contribution is 2.15. The molecule has 0 saturated carbocycles. The van der Waals surface area contributed by atoms with Crippen molar-refractivity contribution in [3.8, 4) is 5.75 Å². The number of phenols is 1. The fraction of sp³-hybridized carbons (Fsp3) is 0. The summed E-state index contributed by atoms with van der Waals surface area (Å²) in [6.45, 7) is 0. The van der Waals surface area contributed by atoms with Gasteiger partial charge in [0.25, 0.3) is 0 Å². The first kappa shape index (κ1) is 7.47. The van der Waals surface area contributed by atoms with Crippen molar-refractivity contribution in [2.24, 2.45) is 0 Å². The summed E-state index contributed by atoms with van der Waals surface area (Å²) in [5.74, 6) is -0.249. The Morgan fingerprint density at radius 1 is 1.18 bits per heavy atom. The van der Waals surface area contributed by atoms with Crippen molar-refractivity contribution in [2.75, 3.05) is 0 Å². The number of rotatable bonds is 2. The summed E-state index contributed by atoms with van der Waals surface area (Å²) in [5, 5.41) is 8.98. The van der Waals surface area contributed by atoms with Crippen molar-refractivity contribution < 1.29 is 14.7 Å². The molecular weight excluding hydrogens is 144 g/mol. The Labute approximate surface area is 63.3 Å². The molecule has 3 nitrogen and oxygen atoms in total. The van der Waals surface area contributed by atoms with E-state index in [1.54, 1.807) is 6.29 Å². The number of benzene rings is 1. The van der Waals surface area contributed by atoms with Gasteiger partial charge in [-0.1, -0.05) is 0 Å². The van der Waals surface area contributed by atoms with E-state index in [1.807, 2.05) is 0 Å². The molecule has 0 aliphatic heterocycles. The van der Waals surface area contributed by atoms with Gasteiger partial charge in [0.1, 0.15) is 5.75 Å². The average molecular weight is 148 g/mol. The Hall–Kier alpha value is -1.64. The third-order valence-electron chi connectivity index (χ3n) is 1.23. The molecule has 0 unspecified atom stereocenters. The van der Waals surface area contributed by atoms with Crippen LogP contribution in [0.4, 0.5) is 0 Å². The quantitative estimate of drug-likeness (QED) is 0.656. The Morgan fingerprint density at radius 3 is 2.36 bits per heavy atom. The minimum absolute atomic E-state index is 0.0454. The molecule has 0 fully saturated rings. The number of aromatic hydroxyl groups is 1. The van der Waals surface area contributed by atoms with Crippen LogP contribution in [0.1, 0.15) is 11.1 Å². The van der Waals surface area contributed by atoms with Gasteiger partial charge in [-0.05, 0) is 18.2 Å².